The molecule has 0 amide bonds. The van der Waals surface area contributed by atoms with Gasteiger partial charge < -0.3 is 10.8 Å². The zero-order valence-corrected chi connectivity index (χ0v) is 13.0. The molecule has 0 unspecified atom stereocenters. The topological polar surface area (TPSA) is 83.6 Å². The van der Waals surface area contributed by atoms with Gasteiger partial charge in [-0.2, -0.15) is 0 Å². The van der Waals surface area contributed by atoms with E-state index in [2.05, 4.69) is 0 Å². The largest absolute Gasteiger partial charge is 0.396 e. The number of aryl methyl sites for hydroxylation is 1. The van der Waals surface area contributed by atoms with E-state index in [9.17, 15) is 8.42 Å². The molecule has 3 N–H and O–H groups in total. The van der Waals surface area contributed by atoms with E-state index in [1.807, 2.05) is 6.92 Å². The summed E-state index contributed by atoms with van der Waals surface area (Å²) in [5.41, 5.74) is 7.43. The summed E-state index contributed by atoms with van der Waals surface area (Å²) >= 11 is 0. The molecular weight excluding hydrogens is 276 g/mol. The van der Waals surface area contributed by atoms with E-state index in [0.717, 1.165) is 24.0 Å². The van der Waals surface area contributed by atoms with Gasteiger partial charge in [0.1, 0.15) is 0 Å². The minimum Gasteiger partial charge on any atom is -0.396 e. The van der Waals surface area contributed by atoms with Crippen LogP contribution in [-0.4, -0.2) is 38.0 Å². The van der Waals surface area contributed by atoms with Crippen molar-refractivity contribution < 1.29 is 13.5 Å². The summed E-state index contributed by atoms with van der Waals surface area (Å²) in [4.78, 5) is 0.303. The monoisotopic (exact) mass is 300 g/mol. The highest BCUT2D eigenvalue weighted by Gasteiger charge is 2.20. The Bertz CT molecular complexity index is 529. The van der Waals surface area contributed by atoms with E-state index < -0.39 is 10.0 Å². The number of rotatable bonds is 8. The maximum absolute atomic E-state index is 12.4. The van der Waals surface area contributed by atoms with Crippen LogP contribution >= 0.6 is 0 Å². The lowest BCUT2D eigenvalue weighted by Crippen LogP contribution is -2.28. The molecular formula is C14H24N2O3S. The Labute approximate surface area is 121 Å². The number of benzene rings is 1. The second kappa shape index (κ2) is 7.73. The van der Waals surface area contributed by atoms with Crippen molar-refractivity contribution in [1.82, 2.24) is 4.31 Å². The molecule has 0 bridgehead atoms. The molecule has 0 radical (unpaired) electrons. The third-order valence-corrected chi connectivity index (χ3v) is 5.23. The normalized spacial score (nSPS) is 12.1. The Morgan fingerprint density at radius 1 is 1.25 bits per heavy atom. The maximum Gasteiger partial charge on any atom is 0.242 e. The lowest BCUT2D eigenvalue weighted by Gasteiger charge is -2.18. The highest BCUT2D eigenvalue weighted by Crippen LogP contribution is 2.18. The third-order valence-electron chi connectivity index (χ3n) is 3.37. The number of hydrogen-bond acceptors (Lipinski definition) is 4. The van der Waals surface area contributed by atoms with Gasteiger partial charge in [-0.15, -0.1) is 0 Å². The highest BCUT2D eigenvalue weighted by atomic mass is 32.2. The van der Waals surface area contributed by atoms with Crippen LogP contribution in [0, 0.1) is 6.92 Å². The van der Waals surface area contributed by atoms with E-state index in [4.69, 9.17) is 10.8 Å². The van der Waals surface area contributed by atoms with Crippen LogP contribution < -0.4 is 5.73 Å². The van der Waals surface area contributed by atoms with Crippen molar-refractivity contribution in [2.24, 2.45) is 5.73 Å². The van der Waals surface area contributed by atoms with Crippen LogP contribution in [0.25, 0.3) is 0 Å². The van der Waals surface area contributed by atoms with Crippen LogP contribution in [0.1, 0.15) is 30.4 Å². The number of nitrogens with two attached hydrogens (primary N) is 1. The Hall–Kier alpha value is -0.950. The second-order valence-electron chi connectivity index (χ2n) is 4.90. The maximum atomic E-state index is 12.4. The number of hydrogen-bond donors (Lipinski definition) is 2. The van der Waals surface area contributed by atoms with E-state index in [1.54, 1.807) is 25.2 Å². The Kier molecular flexibility index (Phi) is 6.61. The molecule has 0 aliphatic heterocycles. The van der Waals surface area contributed by atoms with Crippen molar-refractivity contribution in [3.63, 3.8) is 0 Å². The van der Waals surface area contributed by atoms with E-state index in [1.165, 1.54) is 4.31 Å². The molecule has 20 heavy (non-hydrogen) atoms. The average molecular weight is 300 g/mol. The Morgan fingerprint density at radius 2 is 1.95 bits per heavy atom. The zero-order chi connectivity index (χ0) is 15.2. The van der Waals surface area contributed by atoms with Crippen LogP contribution in [0.15, 0.2) is 23.1 Å². The molecule has 1 rings (SSSR count). The molecule has 0 saturated heterocycles. The van der Waals surface area contributed by atoms with Crippen LogP contribution in [0.2, 0.25) is 0 Å². The quantitative estimate of drug-likeness (QED) is 0.707. The third kappa shape index (κ3) is 4.28. The van der Waals surface area contributed by atoms with E-state index in [0.29, 0.717) is 24.4 Å². The molecule has 5 nitrogen and oxygen atoms in total. The van der Waals surface area contributed by atoms with Crippen LogP contribution in [-0.2, 0) is 16.6 Å². The standard InChI is InChI=1S/C14H24N2O3S/c1-12-10-14(7-6-13(12)11-15)20(18,19)16(2)8-4-3-5-9-17/h6-7,10,17H,3-5,8-9,11,15H2,1-2H3. The SMILES string of the molecule is Cc1cc(S(=O)(=O)N(C)CCCCCO)ccc1CN. The van der Waals surface area contributed by atoms with Gasteiger partial charge in [-0.05, 0) is 49.4 Å². The van der Waals surface area contributed by atoms with Gasteiger partial charge in [-0.3, -0.25) is 0 Å². The van der Waals surface area contributed by atoms with Gasteiger partial charge in [-0.1, -0.05) is 6.07 Å². The molecule has 0 atom stereocenters. The fraction of sp³-hybridized carbons (Fsp3) is 0.571. The van der Waals surface area contributed by atoms with Gasteiger partial charge in [0.05, 0.1) is 4.90 Å². The molecule has 6 heteroatoms. The predicted molar refractivity (Wildman–Crippen MR) is 79.8 cm³/mol. The van der Waals surface area contributed by atoms with Crippen LogP contribution in [0.4, 0.5) is 0 Å². The molecule has 0 aliphatic carbocycles. The lowest BCUT2D eigenvalue weighted by atomic mass is 10.1. The van der Waals surface area contributed by atoms with Gasteiger partial charge >= 0.3 is 0 Å². The number of aliphatic hydroxyl groups is 1. The first kappa shape index (κ1) is 17.1. The summed E-state index contributed by atoms with van der Waals surface area (Å²) < 4.78 is 26.1. The van der Waals surface area contributed by atoms with Crippen LogP contribution in [0.3, 0.4) is 0 Å². The summed E-state index contributed by atoms with van der Waals surface area (Å²) in [7, 11) is -1.86. The number of nitrogens with zero attached hydrogens (tertiary/aromatic N) is 1. The van der Waals surface area contributed by atoms with Crippen LogP contribution in [0.5, 0.6) is 0 Å². The van der Waals surface area contributed by atoms with Gasteiger partial charge in [0.15, 0.2) is 0 Å². The second-order valence-corrected chi connectivity index (χ2v) is 6.95. The summed E-state index contributed by atoms with van der Waals surface area (Å²) in [6.45, 7) is 2.88. The fourth-order valence-corrected chi connectivity index (χ4v) is 3.28. The van der Waals surface area contributed by atoms with Gasteiger partial charge in [0.2, 0.25) is 10.0 Å². The summed E-state index contributed by atoms with van der Waals surface area (Å²) in [6, 6.07) is 5.04. The molecule has 114 valence electrons. The van der Waals surface area contributed by atoms with Gasteiger partial charge in [0, 0.05) is 26.7 Å². The first-order chi connectivity index (χ1) is 9.43. The fourth-order valence-electron chi connectivity index (χ4n) is 1.98. The van der Waals surface area contributed by atoms with Crippen molar-refractivity contribution >= 4 is 10.0 Å². The summed E-state index contributed by atoms with van der Waals surface area (Å²) in [5.74, 6) is 0. The number of sulfonamides is 1. The highest BCUT2D eigenvalue weighted by molar-refractivity contribution is 7.89. The van der Waals surface area contributed by atoms with Crippen molar-refractivity contribution in [2.75, 3.05) is 20.2 Å². The van der Waals surface area contributed by atoms with E-state index in [-0.39, 0.29) is 6.61 Å². The number of unbranched alkanes of at least 4 members (excludes halogenated alkanes) is 2. The summed E-state index contributed by atoms with van der Waals surface area (Å²) in [5, 5.41) is 8.71. The van der Waals surface area contributed by atoms with Gasteiger partial charge in [-0.25, -0.2) is 12.7 Å². The minimum absolute atomic E-state index is 0.149. The molecule has 0 heterocycles. The predicted octanol–water partition coefficient (Wildman–Crippen LogP) is 1.24. The lowest BCUT2D eigenvalue weighted by molar-refractivity contribution is 0.281. The molecule has 0 spiro atoms. The number of aliphatic hydroxyl groups excluding tert-OH is 1. The first-order valence-corrected chi connectivity index (χ1v) is 8.24. The Balaban J connectivity index is 2.79. The molecule has 1 aromatic carbocycles. The Morgan fingerprint density at radius 3 is 2.50 bits per heavy atom. The molecule has 0 saturated carbocycles. The smallest absolute Gasteiger partial charge is 0.242 e. The minimum atomic E-state index is -3.44. The van der Waals surface area contributed by atoms with Crippen molar-refractivity contribution in [1.29, 1.82) is 0 Å². The molecule has 0 aromatic heterocycles. The van der Waals surface area contributed by atoms with Crippen molar-refractivity contribution in [2.45, 2.75) is 37.6 Å². The molecule has 0 fully saturated rings. The zero-order valence-electron chi connectivity index (χ0n) is 12.2. The van der Waals surface area contributed by atoms with E-state index >= 15 is 0 Å². The molecule has 0 aliphatic rings. The summed E-state index contributed by atoms with van der Waals surface area (Å²) in [6.07, 6.45) is 2.27. The van der Waals surface area contributed by atoms with Crippen molar-refractivity contribution in [3.05, 3.63) is 29.3 Å². The van der Waals surface area contributed by atoms with Gasteiger partial charge in [0.25, 0.3) is 0 Å². The first-order valence-electron chi connectivity index (χ1n) is 6.80. The molecule has 1 aromatic rings. The van der Waals surface area contributed by atoms with Crippen molar-refractivity contribution in [3.8, 4) is 0 Å². The average Bonchev–Trinajstić information content (AvgIpc) is 2.43.